The van der Waals surface area contributed by atoms with E-state index in [-0.39, 0.29) is 0 Å². The molecule has 0 saturated heterocycles. The van der Waals surface area contributed by atoms with Crippen LogP contribution in [0, 0.1) is 0 Å². The van der Waals surface area contributed by atoms with Crippen molar-refractivity contribution in [2.45, 2.75) is 32.8 Å². The van der Waals surface area contributed by atoms with Gasteiger partial charge in [-0.15, -0.1) is 0 Å². The number of ether oxygens (including phenoxy) is 2. The molecule has 0 aromatic heterocycles. The molecule has 0 atom stereocenters. The smallest absolute Gasteiger partial charge is 0.164 e. The molecule has 0 radical (unpaired) electrons. The van der Waals surface area contributed by atoms with Gasteiger partial charge < -0.3 is 15.2 Å². The van der Waals surface area contributed by atoms with Crippen LogP contribution in [0.1, 0.15) is 30.9 Å². The van der Waals surface area contributed by atoms with Crippen molar-refractivity contribution in [1.82, 2.24) is 0 Å². The van der Waals surface area contributed by atoms with Crippen molar-refractivity contribution in [3.63, 3.8) is 0 Å². The summed E-state index contributed by atoms with van der Waals surface area (Å²) >= 11 is 0. The zero-order valence-corrected chi connectivity index (χ0v) is 13.3. The standard InChI is InChI=1S/C19H25NO2/c1-2-21-18-13-8-12-17(11-6-7-14-20)19(18)22-15-16-9-4-3-5-10-16/h3-5,8-10,12-13H,2,6-7,11,14-15,20H2,1H3. The number of nitrogens with two attached hydrogens (primary N) is 1. The SMILES string of the molecule is CCOc1cccc(CCCCN)c1OCc1ccccc1. The summed E-state index contributed by atoms with van der Waals surface area (Å²) in [5.41, 5.74) is 7.93. The maximum atomic E-state index is 6.08. The third kappa shape index (κ3) is 4.78. The molecule has 118 valence electrons. The Hall–Kier alpha value is -2.00. The minimum Gasteiger partial charge on any atom is -0.490 e. The van der Waals surface area contributed by atoms with E-state index < -0.39 is 0 Å². The summed E-state index contributed by atoms with van der Waals surface area (Å²) in [4.78, 5) is 0. The molecule has 0 aliphatic rings. The van der Waals surface area contributed by atoms with E-state index in [1.807, 2.05) is 37.3 Å². The van der Waals surface area contributed by atoms with Gasteiger partial charge in [-0.05, 0) is 49.9 Å². The molecule has 0 fully saturated rings. The number of hydrogen-bond donors (Lipinski definition) is 1. The summed E-state index contributed by atoms with van der Waals surface area (Å²) in [6, 6.07) is 16.3. The van der Waals surface area contributed by atoms with Crippen molar-refractivity contribution < 1.29 is 9.47 Å². The van der Waals surface area contributed by atoms with E-state index in [0.717, 1.165) is 42.9 Å². The van der Waals surface area contributed by atoms with E-state index in [9.17, 15) is 0 Å². The number of benzene rings is 2. The molecule has 0 aliphatic carbocycles. The van der Waals surface area contributed by atoms with Gasteiger partial charge in [-0.25, -0.2) is 0 Å². The highest BCUT2D eigenvalue weighted by Crippen LogP contribution is 2.33. The maximum absolute atomic E-state index is 6.08. The van der Waals surface area contributed by atoms with Crippen LogP contribution in [-0.4, -0.2) is 13.2 Å². The van der Waals surface area contributed by atoms with Crippen LogP contribution in [0.4, 0.5) is 0 Å². The van der Waals surface area contributed by atoms with Gasteiger partial charge in [0.25, 0.3) is 0 Å². The number of para-hydroxylation sites is 1. The Kier molecular flexibility index (Phi) is 6.78. The van der Waals surface area contributed by atoms with Crippen LogP contribution in [0.2, 0.25) is 0 Å². The highest BCUT2D eigenvalue weighted by Gasteiger charge is 2.11. The van der Waals surface area contributed by atoms with Gasteiger partial charge in [0.1, 0.15) is 6.61 Å². The van der Waals surface area contributed by atoms with Crippen molar-refractivity contribution >= 4 is 0 Å². The molecule has 2 N–H and O–H groups in total. The van der Waals surface area contributed by atoms with Crippen LogP contribution in [0.3, 0.4) is 0 Å². The Bertz CT molecular complexity index is 555. The second-order valence-corrected chi connectivity index (χ2v) is 5.20. The highest BCUT2D eigenvalue weighted by atomic mass is 16.5. The van der Waals surface area contributed by atoms with Gasteiger partial charge in [0.2, 0.25) is 0 Å². The van der Waals surface area contributed by atoms with E-state index in [2.05, 4.69) is 18.2 Å². The van der Waals surface area contributed by atoms with Crippen molar-refractivity contribution in [2.24, 2.45) is 5.73 Å². The van der Waals surface area contributed by atoms with Crippen LogP contribution in [0.5, 0.6) is 11.5 Å². The van der Waals surface area contributed by atoms with E-state index in [4.69, 9.17) is 15.2 Å². The molecule has 3 nitrogen and oxygen atoms in total. The lowest BCUT2D eigenvalue weighted by molar-refractivity contribution is 0.266. The highest BCUT2D eigenvalue weighted by molar-refractivity contribution is 5.47. The summed E-state index contributed by atoms with van der Waals surface area (Å²) in [5, 5.41) is 0. The Labute approximate surface area is 133 Å². The molecule has 2 aromatic carbocycles. The Balaban J connectivity index is 2.13. The second-order valence-electron chi connectivity index (χ2n) is 5.20. The lowest BCUT2D eigenvalue weighted by atomic mass is 10.1. The van der Waals surface area contributed by atoms with Crippen LogP contribution in [0.15, 0.2) is 48.5 Å². The fraction of sp³-hybridized carbons (Fsp3) is 0.368. The first-order chi connectivity index (χ1) is 10.8. The van der Waals surface area contributed by atoms with Gasteiger partial charge in [0.05, 0.1) is 6.61 Å². The molecule has 22 heavy (non-hydrogen) atoms. The molecule has 2 aromatic rings. The number of rotatable bonds is 9. The first kappa shape index (κ1) is 16.4. The van der Waals surface area contributed by atoms with Gasteiger partial charge in [0.15, 0.2) is 11.5 Å². The summed E-state index contributed by atoms with van der Waals surface area (Å²) in [6.07, 6.45) is 3.05. The minimum atomic E-state index is 0.550. The van der Waals surface area contributed by atoms with Crippen LogP contribution < -0.4 is 15.2 Å². The summed E-state index contributed by atoms with van der Waals surface area (Å²) in [6.45, 7) is 3.90. The quantitative estimate of drug-likeness (QED) is 0.713. The van der Waals surface area contributed by atoms with Crippen LogP contribution in [0.25, 0.3) is 0 Å². The molecule has 0 spiro atoms. The topological polar surface area (TPSA) is 44.5 Å². The molecule has 0 aliphatic heterocycles. The van der Waals surface area contributed by atoms with Crippen LogP contribution in [-0.2, 0) is 13.0 Å². The molecule has 0 amide bonds. The minimum absolute atomic E-state index is 0.550. The predicted molar refractivity (Wildman–Crippen MR) is 90.4 cm³/mol. The van der Waals surface area contributed by atoms with Crippen molar-refractivity contribution in [3.8, 4) is 11.5 Å². The van der Waals surface area contributed by atoms with E-state index in [0.29, 0.717) is 13.2 Å². The normalized spacial score (nSPS) is 10.5. The average Bonchev–Trinajstić information content (AvgIpc) is 2.55. The van der Waals surface area contributed by atoms with Gasteiger partial charge >= 0.3 is 0 Å². The Morgan fingerprint density at radius 1 is 0.909 bits per heavy atom. The number of unbranched alkanes of at least 4 members (excludes halogenated alkanes) is 1. The van der Waals surface area contributed by atoms with E-state index in [1.54, 1.807) is 0 Å². The zero-order chi connectivity index (χ0) is 15.6. The predicted octanol–water partition coefficient (Wildman–Crippen LogP) is 3.95. The lowest BCUT2D eigenvalue weighted by Crippen LogP contribution is -2.04. The molecule has 0 bridgehead atoms. The number of hydrogen-bond acceptors (Lipinski definition) is 3. The van der Waals surface area contributed by atoms with Crippen molar-refractivity contribution in [3.05, 3.63) is 59.7 Å². The molecule has 2 rings (SSSR count). The zero-order valence-electron chi connectivity index (χ0n) is 13.3. The fourth-order valence-electron chi connectivity index (χ4n) is 2.38. The fourth-order valence-corrected chi connectivity index (χ4v) is 2.38. The molecular formula is C19H25NO2. The van der Waals surface area contributed by atoms with E-state index in [1.165, 1.54) is 5.56 Å². The third-order valence-corrected chi connectivity index (χ3v) is 3.49. The van der Waals surface area contributed by atoms with Gasteiger partial charge in [0, 0.05) is 0 Å². The molecule has 0 heterocycles. The summed E-state index contributed by atoms with van der Waals surface area (Å²) < 4.78 is 11.8. The average molecular weight is 299 g/mol. The molecular weight excluding hydrogens is 274 g/mol. The lowest BCUT2D eigenvalue weighted by Gasteiger charge is -2.16. The Morgan fingerprint density at radius 2 is 1.73 bits per heavy atom. The second kappa shape index (κ2) is 9.11. The Morgan fingerprint density at radius 3 is 2.45 bits per heavy atom. The first-order valence-electron chi connectivity index (χ1n) is 7.96. The van der Waals surface area contributed by atoms with Crippen molar-refractivity contribution in [1.29, 1.82) is 0 Å². The monoisotopic (exact) mass is 299 g/mol. The van der Waals surface area contributed by atoms with Crippen LogP contribution >= 0.6 is 0 Å². The molecule has 3 heteroatoms. The molecule has 0 saturated carbocycles. The molecule has 0 unspecified atom stereocenters. The third-order valence-electron chi connectivity index (χ3n) is 3.49. The first-order valence-corrected chi connectivity index (χ1v) is 7.96. The maximum Gasteiger partial charge on any atom is 0.164 e. The van der Waals surface area contributed by atoms with Gasteiger partial charge in [-0.1, -0.05) is 42.5 Å². The summed E-state index contributed by atoms with van der Waals surface area (Å²) in [7, 11) is 0. The van der Waals surface area contributed by atoms with Crippen molar-refractivity contribution in [2.75, 3.05) is 13.2 Å². The van der Waals surface area contributed by atoms with E-state index >= 15 is 0 Å². The number of aryl methyl sites for hydroxylation is 1. The van der Waals surface area contributed by atoms with Gasteiger partial charge in [-0.3, -0.25) is 0 Å². The largest absolute Gasteiger partial charge is 0.490 e. The summed E-state index contributed by atoms with van der Waals surface area (Å²) in [5.74, 6) is 1.69. The van der Waals surface area contributed by atoms with Gasteiger partial charge in [-0.2, -0.15) is 0 Å².